The molecule has 23 heavy (non-hydrogen) atoms. The molecule has 1 aliphatic rings. The van der Waals surface area contributed by atoms with E-state index < -0.39 is 11.0 Å². The van der Waals surface area contributed by atoms with Gasteiger partial charge in [-0.25, -0.2) is 0 Å². The zero-order valence-corrected chi connectivity index (χ0v) is 13.3. The molecule has 2 atom stereocenters. The van der Waals surface area contributed by atoms with Gasteiger partial charge in [-0.3, -0.25) is 4.79 Å². The summed E-state index contributed by atoms with van der Waals surface area (Å²) >= 11 is 0. The summed E-state index contributed by atoms with van der Waals surface area (Å²) < 4.78 is 5.32. The van der Waals surface area contributed by atoms with E-state index in [1.165, 1.54) is 0 Å². The molecule has 0 unspecified atom stereocenters. The molecule has 118 valence electrons. The minimum Gasteiger partial charge on any atom is -0.384 e. The maximum absolute atomic E-state index is 13.1. The molecular weight excluding hydrogens is 288 g/mol. The van der Waals surface area contributed by atoms with Crippen LogP contribution in [0.1, 0.15) is 18.1 Å². The van der Waals surface area contributed by atoms with Gasteiger partial charge in [0.05, 0.1) is 12.0 Å². The van der Waals surface area contributed by atoms with Crippen molar-refractivity contribution in [3.8, 4) is 0 Å². The number of carbonyl (C=O) groups is 1. The van der Waals surface area contributed by atoms with Gasteiger partial charge in [0, 0.05) is 12.7 Å². The van der Waals surface area contributed by atoms with Gasteiger partial charge >= 0.3 is 0 Å². The molecular formula is C20H20O3. The van der Waals surface area contributed by atoms with Crippen molar-refractivity contribution in [1.82, 2.24) is 0 Å². The number of ketones is 1. The standard InChI is InChI=1S/C20H20O3/c1-19(14-23-2)13-17(15-9-5-3-6-10-15)18(21)20(19,22)16-11-7-4-8-12-16/h3-13,22H,14H2,1-2H3/t19-,20-/m0/s1. The molecule has 0 bridgehead atoms. The summed E-state index contributed by atoms with van der Waals surface area (Å²) in [6, 6.07) is 18.5. The third kappa shape index (κ3) is 2.33. The van der Waals surface area contributed by atoms with Crippen LogP contribution in [0.25, 0.3) is 5.57 Å². The number of hydrogen-bond donors (Lipinski definition) is 1. The van der Waals surface area contributed by atoms with E-state index in [2.05, 4.69) is 0 Å². The highest BCUT2D eigenvalue weighted by atomic mass is 16.5. The number of rotatable bonds is 4. The fourth-order valence-corrected chi connectivity index (χ4v) is 3.36. The zero-order chi connectivity index (χ0) is 16.5. The fraction of sp³-hybridized carbons (Fsp3) is 0.250. The Labute approximate surface area is 136 Å². The van der Waals surface area contributed by atoms with Crippen molar-refractivity contribution in [2.24, 2.45) is 5.41 Å². The van der Waals surface area contributed by atoms with Crippen molar-refractivity contribution in [3.63, 3.8) is 0 Å². The van der Waals surface area contributed by atoms with Gasteiger partial charge in [0.25, 0.3) is 0 Å². The number of Topliss-reactive ketones (excluding diaryl/α,β-unsaturated/α-hetero) is 1. The van der Waals surface area contributed by atoms with Crippen LogP contribution >= 0.6 is 0 Å². The minimum atomic E-state index is -1.63. The summed E-state index contributed by atoms with van der Waals surface area (Å²) in [6.45, 7) is 2.11. The highest BCUT2D eigenvalue weighted by Crippen LogP contribution is 2.51. The van der Waals surface area contributed by atoms with Crippen LogP contribution in [0, 0.1) is 5.41 Å². The molecule has 0 aliphatic heterocycles. The van der Waals surface area contributed by atoms with Crippen molar-refractivity contribution in [2.45, 2.75) is 12.5 Å². The lowest BCUT2D eigenvalue weighted by Gasteiger charge is -2.37. The largest absolute Gasteiger partial charge is 0.384 e. The first kappa shape index (κ1) is 15.7. The monoisotopic (exact) mass is 308 g/mol. The Balaban J connectivity index is 2.16. The number of aliphatic hydroxyl groups is 1. The lowest BCUT2D eigenvalue weighted by Crippen LogP contribution is -2.47. The molecule has 0 fully saturated rings. The average molecular weight is 308 g/mol. The van der Waals surface area contributed by atoms with Gasteiger partial charge in [-0.05, 0) is 11.1 Å². The van der Waals surface area contributed by atoms with Crippen molar-refractivity contribution in [1.29, 1.82) is 0 Å². The van der Waals surface area contributed by atoms with Gasteiger partial charge in [0.2, 0.25) is 0 Å². The van der Waals surface area contributed by atoms with E-state index >= 15 is 0 Å². The van der Waals surface area contributed by atoms with E-state index in [4.69, 9.17) is 4.74 Å². The predicted molar refractivity (Wildman–Crippen MR) is 89.7 cm³/mol. The second-order valence-electron chi connectivity index (χ2n) is 6.18. The van der Waals surface area contributed by atoms with Crippen LogP contribution < -0.4 is 0 Å². The van der Waals surface area contributed by atoms with Crippen LogP contribution in [-0.2, 0) is 15.1 Å². The van der Waals surface area contributed by atoms with Crippen molar-refractivity contribution in [2.75, 3.05) is 13.7 Å². The van der Waals surface area contributed by atoms with Crippen LogP contribution in [0.2, 0.25) is 0 Å². The predicted octanol–water partition coefficient (Wildman–Crippen LogP) is 3.19. The maximum atomic E-state index is 13.1. The van der Waals surface area contributed by atoms with Gasteiger partial charge in [-0.2, -0.15) is 0 Å². The van der Waals surface area contributed by atoms with Crippen LogP contribution in [0.5, 0.6) is 0 Å². The van der Waals surface area contributed by atoms with Gasteiger partial charge in [0.1, 0.15) is 0 Å². The number of ether oxygens (including phenoxy) is 1. The molecule has 1 aliphatic carbocycles. The van der Waals surface area contributed by atoms with Gasteiger partial charge in [0.15, 0.2) is 11.4 Å². The number of hydrogen-bond acceptors (Lipinski definition) is 3. The molecule has 3 nitrogen and oxygen atoms in total. The molecule has 3 heteroatoms. The zero-order valence-electron chi connectivity index (χ0n) is 13.3. The van der Waals surface area contributed by atoms with Gasteiger partial charge in [-0.15, -0.1) is 0 Å². The molecule has 3 rings (SSSR count). The smallest absolute Gasteiger partial charge is 0.200 e. The van der Waals surface area contributed by atoms with Crippen LogP contribution in [-0.4, -0.2) is 24.6 Å². The number of benzene rings is 2. The summed E-state index contributed by atoms with van der Waals surface area (Å²) in [7, 11) is 1.58. The minimum absolute atomic E-state index is 0.250. The Morgan fingerprint density at radius 2 is 1.57 bits per heavy atom. The van der Waals surface area contributed by atoms with E-state index in [1.54, 1.807) is 19.2 Å². The first-order valence-corrected chi connectivity index (χ1v) is 7.63. The first-order chi connectivity index (χ1) is 11.0. The van der Waals surface area contributed by atoms with Crippen LogP contribution in [0.3, 0.4) is 0 Å². The topological polar surface area (TPSA) is 46.5 Å². The molecule has 0 amide bonds. The molecule has 2 aromatic rings. The maximum Gasteiger partial charge on any atom is 0.200 e. The fourth-order valence-electron chi connectivity index (χ4n) is 3.36. The summed E-state index contributed by atoms with van der Waals surface area (Å²) in [5.74, 6) is -0.283. The molecule has 2 aromatic carbocycles. The van der Waals surface area contributed by atoms with E-state index in [0.717, 1.165) is 5.56 Å². The average Bonchev–Trinajstić information content (AvgIpc) is 2.79. The SMILES string of the molecule is COC[C@]1(C)C=C(c2ccccc2)C(=O)[C@@]1(O)c1ccccc1. The second-order valence-corrected chi connectivity index (χ2v) is 6.18. The Morgan fingerprint density at radius 1 is 1.00 bits per heavy atom. The van der Waals surface area contributed by atoms with E-state index in [1.807, 2.05) is 61.5 Å². The lowest BCUT2D eigenvalue weighted by molar-refractivity contribution is -0.145. The van der Waals surface area contributed by atoms with E-state index in [0.29, 0.717) is 11.1 Å². The highest BCUT2D eigenvalue weighted by molar-refractivity contribution is 6.27. The van der Waals surface area contributed by atoms with Crippen molar-refractivity contribution >= 4 is 11.4 Å². The Hall–Kier alpha value is -2.23. The third-order valence-corrected chi connectivity index (χ3v) is 4.58. The molecule has 0 saturated carbocycles. The quantitative estimate of drug-likeness (QED) is 0.943. The molecule has 1 N–H and O–H groups in total. The first-order valence-electron chi connectivity index (χ1n) is 7.63. The van der Waals surface area contributed by atoms with Crippen molar-refractivity contribution in [3.05, 3.63) is 77.9 Å². The summed E-state index contributed by atoms with van der Waals surface area (Å²) in [6.07, 6.45) is 1.85. The molecule has 0 saturated heterocycles. The highest BCUT2D eigenvalue weighted by Gasteiger charge is 2.58. The number of carbonyl (C=O) groups excluding carboxylic acids is 1. The Bertz CT molecular complexity index is 736. The van der Waals surface area contributed by atoms with E-state index in [9.17, 15) is 9.90 Å². The van der Waals surface area contributed by atoms with Gasteiger partial charge < -0.3 is 9.84 Å². The third-order valence-electron chi connectivity index (χ3n) is 4.58. The summed E-state index contributed by atoms with van der Waals surface area (Å²) in [4.78, 5) is 13.1. The molecule has 0 heterocycles. The Morgan fingerprint density at radius 3 is 2.13 bits per heavy atom. The van der Waals surface area contributed by atoms with Crippen LogP contribution in [0.15, 0.2) is 66.7 Å². The Kier molecular flexibility index (Phi) is 3.92. The number of methoxy groups -OCH3 is 1. The molecule has 0 spiro atoms. The van der Waals surface area contributed by atoms with Crippen molar-refractivity contribution < 1.29 is 14.6 Å². The normalized spacial score (nSPS) is 27.1. The van der Waals surface area contributed by atoms with Crippen LogP contribution in [0.4, 0.5) is 0 Å². The summed E-state index contributed by atoms with van der Waals surface area (Å²) in [5, 5.41) is 11.4. The lowest BCUT2D eigenvalue weighted by atomic mass is 9.71. The van der Waals surface area contributed by atoms with E-state index in [-0.39, 0.29) is 12.4 Å². The molecule has 0 aromatic heterocycles. The molecule has 0 radical (unpaired) electrons. The summed E-state index contributed by atoms with van der Waals surface area (Å²) in [5.41, 5.74) is -0.518. The van der Waals surface area contributed by atoms with Gasteiger partial charge in [-0.1, -0.05) is 73.7 Å². The second kappa shape index (κ2) is 5.76.